The Morgan fingerprint density at radius 1 is 1.14 bits per heavy atom. The number of aromatic amines is 1. The predicted molar refractivity (Wildman–Crippen MR) is 106 cm³/mol. The van der Waals surface area contributed by atoms with Crippen molar-refractivity contribution in [2.24, 2.45) is 0 Å². The second kappa shape index (κ2) is 9.45. The van der Waals surface area contributed by atoms with Crippen LogP contribution in [0.3, 0.4) is 0 Å². The monoisotopic (exact) mass is 387 g/mol. The van der Waals surface area contributed by atoms with Crippen LogP contribution in [0.4, 0.5) is 4.79 Å². The van der Waals surface area contributed by atoms with Gasteiger partial charge in [-0.2, -0.15) is 0 Å². The largest absolute Gasteiger partial charge is 0.468 e. The number of carbonyl (C=O) groups is 2. The van der Waals surface area contributed by atoms with E-state index in [1.54, 1.807) is 28.3 Å². The van der Waals surface area contributed by atoms with E-state index in [9.17, 15) is 9.59 Å². The van der Waals surface area contributed by atoms with Gasteiger partial charge < -0.3 is 24.5 Å². The number of nitrogens with zero attached hydrogens (tertiary/aromatic N) is 3. The molecule has 8 nitrogen and oxygen atoms in total. The van der Waals surface area contributed by atoms with Crippen LogP contribution in [0.2, 0.25) is 0 Å². The van der Waals surface area contributed by atoms with Gasteiger partial charge in [0.1, 0.15) is 11.5 Å². The quantitative estimate of drug-likeness (QED) is 0.762. The zero-order chi connectivity index (χ0) is 19.9. The van der Waals surface area contributed by atoms with Crippen molar-refractivity contribution in [3.63, 3.8) is 0 Å². The number of H-pyrrole nitrogens is 1. The zero-order valence-corrected chi connectivity index (χ0v) is 16.6. The molecule has 0 spiro atoms. The maximum Gasteiger partial charge on any atom is 0.317 e. The summed E-state index contributed by atoms with van der Waals surface area (Å²) in [5.74, 6) is 0.829. The molecule has 1 aliphatic heterocycles. The molecule has 0 bridgehead atoms. The molecule has 0 saturated carbocycles. The highest BCUT2D eigenvalue weighted by Crippen LogP contribution is 2.20. The molecule has 1 fully saturated rings. The van der Waals surface area contributed by atoms with Gasteiger partial charge in [-0.1, -0.05) is 13.8 Å². The Kier molecular flexibility index (Phi) is 6.76. The number of carbonyl (C=O) groups excluding carboxylic acids is 2. The number of amides is 3. The highest BCUT2D eigenvalue weighted by Gasteiger charge is 2.27. The summed E-state index contributed by atoms with van der Waals surface area (Å²) < 4.78 is 5.58. The Hall–Kier alpha value is -2.74. The Labute approximate surface area is 165 Å². The van der Waals surface area contributed by atoms with E-state index in [0.717, 1.165) is 18.8 Å². The van der Waals surface area contributed by atoms with Crippen molar-refractivity contribution in [2.45, 2.75) is 19.9 Å². The minimum Gasteiger partial charge on any atom is -0.468 e. The molecule has 2 N–H and O–H groups in total. The summed E-state index contributed by atoms with van der Waals surface area (Å²) in [6.45, 7) is 8.53. The van der Waals surface area contributed by atoms with Crippen molar-refractivity contribution in [3.8, 4) is 0 Å². The lowest BCUT2D eigenvalue weighted by molar-refractivity contribution is 0.0658. The molecule has 28 heavy (non-hydrogen) atoms. The van der Waals surface area contributed by atoms with Crippen molar-refractivity contribution in [2.75, 3.05) is 45.8 Å². The standard InChI is InChI=1S/C20H29N5O3/c1-3-23(4-2)17(18-8-6-14-28-18)15-22-20(27)25-12-10-24(11-13-25)19(26)16-7-5-9-21-16/h5-9,14,17,21H,3-4,10-13,15H2,1-2H3,(H,22,27). The second-order valence-corrected chi connectivity index (χ2v) is 6.80. The number of hydrogen-bond acceptors (Lipinski definition) is 4. The summed E-state index contributed by atoms with van der Waals surface area (Å²) in [6.07, 6.45) is 3.40. The number of furan rings is 1. The van der Waals surface area contributed by atoms with Gasteiger partial charge in [-0.05, 0) is 37.4 Å². The average molecular weight is 387 g/mol. The number of hydrogen-bond donors (Lipinski definition) is 2. The van der Waals surface area contributed by atoms with Crippen LogP contribution in [0.15, 0.2) is 41.1 Å². The fourth-order valence-electron chi connectivity index (χ4n) is 3.60. The van der Waals surface area contributed by atoms with Gasteiger partial charge in [0.05, 0.1) is 12.3 Å². The molecule has 1 atom stereocenters. The van der Waals surface area contributed by atoms with E-state index in [2.05, 4.69) is 29.0 Å². The normalized spacial score (nSPS) is 15.7. The first kappa shape index (κ1) is 20.0. The maximum atomic E-state index is 12.6. The van der Waals surface area contributed by atoms with Crippen LogP contribution in [0.25, 0.3) is 0 Å². The predicted octanol–water partition coefficient (Wildman–Crippen LogP) is 2.16. The summed E-state index contributed by atoms with van der Waals surface area (Å²) in [7, 11) is 0. The van der Waals surface area contributed by atoms with E-state index in [0.29, 0.717) is 38.4 Å². The third kappa shape index (κ3) is 4.56. The van der Waals surface area contributed by atoms with E-state index in [-0.39, 0.29) is 18.0 Å². The van der Waals surface area contributed by atoms with E-state index < -0.39 is 0 Å². The first-order chi connectivity index (χ1) is 13.6. The van der Waals surface area contributed by atoms with Crippen LogP contribution < -0.4 is 5.32 Å². The van der Waals surface area contributed by atoms with Gasteiger partial charge in [-0.15, -0.1) is 0 Å². The summed E-state index contributed by atoms with van der Waals surface area (Å²) in [5.41, 5.74) is 0.582. The lowest BCUT2D eigenvalue weighted by atomic mass is 10.2. The molecule has 8 heteroatoms. The summed E-state index contributed by atoms with van der Waals surface area (Å²) in [5, 5.41) is 3.04. The number of piperazine rings is 1. The molecule has 0 radical (unpaired) electrons. The molecule has 2 aromatic rings. The minimum absolute atomic E-state index is 0.00435. The topological polar surface area (TPSA) is 84.8 Å². The summed E-state index contributed by atoms with van der Waals surface area (Å²) in [4.78, 5) is 33.8. The fourth-order valence-corrected chi connectivity index (χ4v) is 3.60. The van der Waals surface area contributed by atoms with Crippen molar-refractivity contribution >= 4 is 11.9 Å². The Bertz CT molecular complexity index is 732. The molecule has 1 saturated heterocycles. The molecule has 3 heterocycles. The highest BCUT2D eigenvalue weighted by molar-refractivity contribution is 5.92. The first-order valence-electron chi connectivity index (χ1n) is 9.86. The van der Waals surface area contributed by atoms with E-state index in [1.807, 2.05) is 18.2 Å². The van der Waals surface area contributed by atoms with Crippen LogP contribution >= 0.6 is 0 Å². The molecule has 0 aromatic carbocycles. The number of aromatic nitrogens is 1. The lowest BCUT2D eigenvalue weighted by Gasteiger charge is -2.35. The van der Waals surface area contributed by atoms with E-state index >= 15 is 0 Å². The van der Waals surface area contributed by atoms with Gasteiger partial charge in [0.15, 0.2) is 0 Å². The number of urea groups is 1. The van der Waals surface area contributed by atoms with Gasteiger partial charge in [0.2, 0.25) is 0 Å². The second-order valence-electron chi connectivity index (χ2n) is 6.80. The number of rotatable bonds is 7. The smallest absolute Gasteiger partial charge is 0.317 e. The fraction of sp³-hybridized carbons (Fsp3) is 0.500. The Balaban J connectivity index is 1.51. The van der Waals surface area contributed by atoms with Gasteiger partial charge in [-0.3, -0.25) is 9.69 Å². The maximum absolute atomic E-state index is 12.6. The molecule has 152 valence electrons. The van der Waals surface area contributed by atoms with E-state index in [1.165, 1.54) is 0 Å². The van der Waals surface area contributed by atoms with Crippen molar-refractivity contribution in [1.82, 2.24) is 25.0 Å². The third-order valence-electron chi connectivity index (χ3n) is 5.25. The molecule has 1 aliphatic rings. The molecule has 3 rings (SSSR count). The van der Waals surface area contributed by atoms with Gasteiger partial charge in [0.25, 0.3) is 5.91 Å². The van der Waals surface area contributed by atoms with Crippen LogP contribution in [0, 0.1) is 0 Å². The molecule has 3 amide bonds. The van der Waals surface area contributed by atoms with Crippen molar-refractivity contribution in [1.29, 1.82) is 0 Å². The Morgan fingerprint density at radius 3 is 2.43 bits per heavy atom. The summed E-state index contributed by atoms with van der Waals surface area (Å²) >= 11 is 0. The molecule has 0 aliphatic carbocycles. The van der Waals surface area contributed by atoms with Crippen molar-refractivity contribution in [3.05, 3.63) is 48.2 Å². The SMILES string of the molecule is CCN(CC)C(CNC(=O)N1CCN(C(=O)c2ccc[nH]2)CC1)c1ccco1. The molecular formula is C20H29N5O3. The van der Waals surface area contributed by atoms with Crippen LogP contribution in [-0.2, 0) is 0 Å². The van der Waals surface area contributed by atoms with Crippen LogP contribution in [0.5, 0.6) is 0 Å². The molecular weight excluding hydrogens is 358 g/mol. The van der Waals surface area contributed by atoms with Gasteiger partial charge >= 0.3 is 6.03 Å². The lowest BCUT2D eigenvalue weighted by Crippen LogP contribution is -2.54. The molecule has 2 aromatic heterocycles. The van der Waals surface area contributed by atoms with Crippen LogP contribution in [-0.4, -0.2) is 77.4 Å². The van der Waals surface area contributed by atoms with Gasteiger partial charge in [0, 0.05) is 38.9 Å². The Morgan fingerprint density at radius 2 is 1.86 bits per heavy atom. The van der Waals surface area contributed by atoms with Gasteiger partial charge in [-0.25, -0.2) is 4.79 Å². The highest BCUT2D eigenvalue weighted by atomic mass is 16.3. The zero-order valence-electron chi connectivity index (χ0n) is 16.6. The molecule has 1 unspecified atom stereocenters. The third-order valence-corrected chi connectivity index (χ3v) is 5.25. The number of nitrogens with one attached hydrogen (secondary N) is 2. The van der Waals surface area contributed by atoms with Crippen molar-refractivity contribution < 1.29 is 14.0 Å². The summed E-state index contributed by atoms with van der Waals surface area (Å²) in [6, 6.07) is 7.29. The number of likely N-dealkylation sites (N-methyl/N-ethyl adjacent to an activating group) is 1. The minimum atomic E-state index is -0.101. The first-order valence-corrected chi connectivity index (χ1v) is 9.86. The van der Waals surface area contributed by atoms with E-state index in [4.69, 9.17) is 4.42 Å². The average Bonchev–Trinajstić information content (AvgIpc) is 3.44. The van der Waals surface area contributed by atoms with Crippen LogP contribution in [0.1, 0.15) is 36.1 Å².